The predicted molar refractivity (Wildman–Crippen MR) is 79.6 cm³/mol. The molecule has 2 N–H and O–H groups in total. The highest BCUT2D eigenvalue weighted by molar-refractivity contribution is 5.81. The molecule has 1 aliphatic rings. The van der Waals surface area contributed by atoms with Crippen LogP contribution in [0.4, 0.5) is 5.82 Å². The SMILES string of the molecule is Cc1noc(C)c1-c1c(C#N)c(N)nc2c1CCCCC2. The monoisotopic (exact) mass is 282 g/mol. The summed E-state index contributed by atoms with van der Waals surface area (Å²) in [5.41, 5.74) is 11.2. The van der Waals surface area contributed by atoms with Crippen molar-refractivity contribution in [3.05, 3.63) is 28.3 Å². The van der Waals surface area contributed by atoms with E-state index in [-0.39, 0.29) is 0 Å². The summed E-state index contributed by atoms with van der Waals surface area (Å²) in [6, 6.07) is 2.22. The van der Waals surface area contributed by atoms with Crippen molar-refractivity contribution in [2.75, 3.05) is 5.73 Å². The van der Waals surface area contributed by atoms with Gasteiger partial charge in [0.1, 0.15) is 23.2 Å². The third-order valence-corrected chi connectivity index (χ3v) is 4.15. The summed E-state index contributed by atoms with van der Waals surface area (Å²) in [6.07, 6.45) is 5.25. The van der Waals surface area contributed by atoms with Gasteiger partial charge in [0.2, 0.25) is 0 Å². The van der Waals surface area contributed by atoms with Crippen LogP contribution in [0.1, 0.15) is 47.5 Å². The summed E-state index contributed by atoms with van der Waals surface area (Å²) in [6.45, 7) is 3.77. The maximum atomic E-state index is 9.53. The van der Waals surface area contributed by atoms with Gasteiger partial charge in [0, 0.05) is 16.8 Å². The molecule has 0 atom stereocenters. The maximum Gasteiger partial charge on any atom is 0.142 e. The first-order chi connectivity index (χ1) is 10.1. The van der Waals surface area contributed by atoms with Gasteiger partial charge in [-0.1, -0.05) is 11.6 Å². The molecule has 0 radical (unpaired) electrons. The Balaban J connectivity index is 2.37. The lowest BCUT2D eigenvalue weighted by atomic mass is 9.91. The third kappa shape index (κ3) is 2.17. The van der Waals surface area contributed by atoms with E-state index in [0.717, 1.165) is 59.5 Å². The number of pyridine rings is 1. The number of fused-ring (bicyclic) bond motifs is 1. The zero-order valence-electron chi connectivity index (χ0n) is 12.4. The summed E-state index contributed by atoms with van der Waals surface area (Å²) >= 11 is 0. The number of hydrogen-bond donors (Lipinski definition) is 1. The van der Waals surface area contributed by atoms with Gasteiger partial charge in [-0.25, -0.2) is 4.98 Å². The summed E-state index contributed by atoms with van der Waals surface area (Å²) in [4.78, 5) is 4.48. The first-order valence-corrected chi connectivity index (χ1v) is 7.28. The minimum Gasteiger partial charge on any atom is -0.383 e. The van der Waals surface area contributed by atoms with Gasteiger partial charge in [-0.3, -0.25) is 0 Å². The van der Waals surface area contributed by atoms with Gasteiger partial charge >= 0.3 is 0 Å². The third-order valence-electron chi connectivity index (χ3n) is 4.15. The highest BCUT2D eigenvalue weighted by Crippen LogP contribution is 2.38. The maximum absolute atomic E-state index is 9.53. The van der Waals surface area contributed by atoms with Crippen LogP contribution in [-0.4, -0.2) is 10.1 Å². The molecule has 0 bridgehead atoms. The average molecular weight is 282 g/mol. The molecule has 1 aliphatic carbocycles. The standard InChI is InChI=1S/C16H18N4O/c1-9-14(10(2)21-20-9)15-11-6-4-3-5-7-13(11)19-16(18)12(15)8-17/h3-7H2,1-2H3,(H2,18,19). The Morgan fingerprint density at radius 2 is 1.90 bits per heavy atom. The zero-order valence-corrected chi connectivity index (χ0v) is 12.4. The molecule has 108 valence electrons. The Morgan fingerprint density at radius 1 is 1.14 bits per heavy atom. The molecule has 3 rings (SSSR count). The van der Waals surface area contributed by atoms with Gasteiger partial charge in [-0.05, 0) is 45.1 Å². The summed E-state index contributed by atoms with van der Waals surface area (Å²) in [5.74, 6) is 1.04. The van der Waals surface area contributed by atoms with Gasteiger partial charge in [-0.15, -0.1) is 0 Å². The van der Waals surface area contributed by atoms with Crippen LogP contribution < -0.4 is 5.73 Å². The van der Waals surface area contributed by atoms with Crippen molar-refractivity contribution >= 4 is 5.82 Å². The number of hydrogen-bond acceptors (Lipinski definition) is 5. The van der Waals surface area contributed by atoms with Crippen LogP contribution in [-0.2, 0) is 12.8 Å². The van der Waals surface area contributed by atoms with Gasteiger partial charge < -0.3 is 10.3 Å². The Hall–Kier alpha value is -2.35. The molecule has 2 aromatic rings. The molecular formula is C16H18N4O. The van der Waals surface area contributed by atoms with E-state index in [1.54, 1.807) is 0 Å². The molecule has 0 aliphatic heterocycles. The van der Waals surface area contributed by atoms with E-state index in [1.807, 2.05) is 13.8 Å². The number of aromatic nitrogens is 2. The molecule has 0 spiro atoms. The van der Waals surface area contributed by atoms with Crippen molar-refractivity contribution in [1.82, 2.24) is 10.1 Å². The Labute approximate surface area is 123 Å². The molecule has 5 nitrogen and oxygen atoms in total. The molecule has 0 saturated heterocycles. The van der Waals surface area contributed by atoms with Crippen molar-refractivity contribution in [3.8, 4) is 17.2 Å². The van der Waals surface area contributed by atoms with Crippen LogP contribution >= 0.6 is 0 Å². The molecule has 0 fully saturated rings. The van der Waals surface area contributed by atoms with Gasteiger partial charge in [0.25, 0.3) is 0 Å². The fraction of sp³-hybridized carbons (Fsp3) is 0.438. The highest BCUT2D eigenvalue weighted by atomic mass is 16.5. The van der Waals surface area contributed by atoms with E-state index < -0.39 is 0 Å². The van der Waals surface area contributed by atoms with E-state index in [0.29, 0.717) is 11.4 Å². The number of nitrogens with zero attached hydrogens (tertiary/aromatic N) is 3. The Morgan fingerprint density at radius 3 is 2.57 bits per heavy atom. The van der Waals surface area contributed by atoms with Crippen molar-refractivity contribution in [1.29, 1.82) is 5.26 Å². The van der Waals surface area contributed by atoms with Gasteiger partial charge in [0.15, 0.2) is 0 Å². The quantitative estimate of drug-likeness (QED) is 0.812. The summed E-state index contributed by atoms with van der Waals surface area (Å²) in [5, 5.41) is 13.6. The van der Waals surface area contributed by atoms with Gasteiger partial charge in [-0.2, -0.15) is 5.26 Å². The number of anilines is 1. The van der Waals surface area contributed by atoms with Crippen LogP contribution in [0.2, 0.25) is 0 Å². The Kier molecular flexibility index (Phi) is 3.38. The number of nitrogen functional groups attached to an aromatic ring is 1. The summed E-state index contributed by atoms with van der Waals surface area (Å²) < 4.78 is 5.29. The predicted octanol–water partition coefficient (Wildman–Crippen LogP) is 3.08. The van der Waals surface area contributed by atoms with Crippen molar-refractivity contribution in [2.24, 2.45) is 0 Å². The average Bonchev–Trinajstić information content (AvgIpc) is 2.66. The molecule has 2 heterocycles. The smallest absolute Gasteiger partial charge is 0.142 e. The molecular weight excluding hydrogens is 264 g/mol. The molecule has 0 unspecified atom stereocenters. The van der Waals surface area contributed by atoms with E-state index in [9.17, 15) is 5.26 Å². The first-order valence-electron chi connectivity index (χ1n) is 7.28. The van der Waals surface area contributed by atoms with Crippen molar-refractivity contribution in [3.63, 3.8) is 0 Å². The second-order valence-corrected chi connectivity index (χ2v) is 5.54. The van der Waals surface area contributed by atoms with Crippen LogP contribution in [0.25, 0.3) is 11.1 Å². The first kappa shape index (κ1) is 13.6. The molecule has 0 amide bonds. The van der Waals surface area contributed by atoms with E-state index in [4.69, 9.17) is 10.3 Å². The topological polar surface area (TPSA) is 88.7 Å². The number of nitrogens with two attached hydrogens (primary N) is 1. The minimum atomic E-state index is 0.313. The molecule has 0 saturated carbocycles. The molecule has 2 aromatic heterocycles. The minimum absolute atomic E-state index is 0.313. The summed E-state index contributed by atoms with van der Waals surface area (Å²) in [7, 11) is 0. The second-order valence-electron chi connectivity index (χ2n) is 5.54. The normalized spacial score (nSPS) is 14.3. The van der Waals surface area contributed by atoms with Crippen LogP contribution in [0.5, 0.6) is 0 Å². The Bertz CT molecular complexity index is 720. The fourth-order valence-corrected chi connectivity index (χ4v) is 3.17. The lowest BCUT2D eigenvalue weighted by Crippen LogP contribution is -2.07. The number of aryl methyl sites for hydroxylation is 3. The molecule has 0 aromatic carbocycles. The van der Waals surface area contributed by atoms with Crippen LogP contribution in [0, 0.1) is 25.2 Å². The largest absolute Gasteiger partial charge is 0.383 e. The number of rotatable bonds is 1. The van der Waals surface area contributed by atoms with Crippen LogP contribution in [0.15, 0.2) is 4.52 Å². The van der Waals surface area contributed by atoms with Gasteiger partial charge in [0.05, 0.1) is 5.69 Å². The molecule has 21 heavy (non-hydrogen) atoms. The lowest BCUT2D eigenvalue weighted by Gasteiger charge is -2.15. The van der Waals surface area contributed by atoms with Crippen molar-refractivity contribution in [2.45, 2.75) is 46.0 Å². The van der Waals surface area contributed by atoms with E-state index in [2.05, 4.69) is 16.2 Å². The zero-order chi connectivity index (χ0) is 15.0. The second kappa shape index (κ2) is 5.21. The lowest BCUT2D eigenvalue weighted by molar-refractivity contribution is 0.393. The highest BCUT2D eigenvalue weighted by Gasteiger charge is 2.25. The van der Waals surface area contributed by atoms with E-state index in [1.165, 1.54) is 6.42 Å². The van der Waals surface area contributed by atoms with Crippen LogP contribution in [0.3, 0.4) is 0 Å². The fourth-order valence-electron chi connectivity index (χ4n) is 3.17. The molecule has 5 heteroatoms. The van der Waals surface area contributed by atoms with Crippen molar-refractivity contribution < 1.29 is 4.52 Å². The van der Waals surface area contributed by atoms with E-state index >= 15 is 0 Å². The number of nitriles is 1.